The summed E-state index contributed by atoms with van der Waals surface area (Å²) < 4.78 is 1.36. The van der Waals surface area contributed by atoms with Crippen LogP contribution < -0.4 is 5.32 Å². The number of carbonyl (C=O) groups is 1. The first-order valence-corrected chi connectivity index (χ1v) is 5.99. The number of amides is 1. The predicted octanol–water partition coefficient (Wildman–Crippen LogP) is 2.11. The minimum atomic E-state index is -0.682. The van der Waals surface area contributed by atoms with Crippen molar-refractivity contribution in [3.63, 3.8) is 0 Å². The number of nitro groups is 1. The van der Waals surface area contributed by atoms with Gasteiger partial charge in [-0.2, -0.15) is 10.4 Å². The Hall–Kier alpha value is -2.92. The summed E-state index contributed by atoms with van der Waals surface area (Å²) in [7, 11) is 1.59. The summed E-state index contributed by atoms with van der Waals surface area (Å²) >= 11 is 5.87. The fourth-order valence-corrected chi connectivity index (χ4v) is 1.84. The Labute approximate surface area is 123 Å². The quantitative estimate of drug-likeness (QED) is 0.689. The molecule has 106 valence electrons. The molecule has 0 atom stereocenters. The molecule has 1 N–H and O–H groups in total. The number of rotatable bonds is 3. The van der Waals surface area contributed by atoms with E-state index < -0.39 is 10.8 Å². The number of carbonyl (C=O) groups excluding carboxylic acids is 1. The molecule has 2 aromatic rings. The minimum Gasteiger partial charge on any atom is -0.304 e. The van der Waals surface area contributed by atoms with Crippen LogP contribution in [0.3, 0.4) is 0 Å². The average Bonchev–Trinajstić information content (AvgIpc) is 2.78. The van der Waals surface area contributed by atoms with E-state index in [1.807, 2.05) is 6.07 Å². The molecule has 8 nitrogen and oxygen atoms in total. The van der Waals surface area contributed by atoms with Gasteiger partial charge in [0.2, 0.25) is 0 Å². The van der Waals surface area contributed by atoms with Crippen LogP contribution in [0.2, 0.25) is 5.02 Å². The van der Waals surface area contributed by atoms with Crippen molar-refractivity contribution in [3.8, 4) is 6.07 Å². The molecule has 0 radical (unpaired) electrons. The van der Waals surface area contributed by atoms with Gasteiger partial charge in [-0.25, -0.2) is 0 Å². The van der Waals surface area contributed by atoms with E-state index in [-0.39, 0.29) is 27.7 Å². The Morgan fingerprint density at radius 3 is 2.90 bits per heavy atom. The van der Waals surface area contributed by atoms with Crippen LogP contribution in [-0.4, -0.2) is 20.6 Å². The number of non-ortho nitro benzene ring substituents is 1. The Morgan fingerprint density at radius 2 is 2.29 bits per heavy atom. The Morgan fingerprint density at radius 1 is 1.57 bits per heavy atom. The zero-order valence-corrected chi connectivity index (χ0v) is 11.5. The summed E-state index contributed by atoms with van der Waals surface area (Å²) in [5.41, 5.74) is -0.154. The van der Waals surface area contributed by atoms with Gasteiger partial charge < -0.3 is 5.32 Å². The van der Waals surface area contributed by atoms with Crippen LogP contribution in [-0.2, 0) is 7.05 Å². The van der Waals surface area contributed by atoms with Crippen LogP contribution >= 0.6 is 11.6 Å². The number of benzene rings is 1. The first-order valence-electron chi connectivity index (χ1n) is 5.61. The number of aromatic nitrogens is 2. The second-order valence-corrected chi connectivity index (χ2v) is 4.46. The lowest BCUT2D eigenvalue weighted by molar-refractivity contribution is -0.384. The zero-order valence-electron chi connectivity index (χ0n) is 10.7. The minimum absolute atomic E-state index is 0.0625. The number of aryl methyl sites for hydroxylation is 1. The monoisotopic (exact) mass is 305 g/mol. The molecule has 0 unspecified atom stereocenters. The molecule has 0 aliphatic heterocycles. The molecule has 1 heterocycles. The standard InChI is InChI=1S/C12H8ClN5O3/c1-17-6-7(5-14)11(16-17)15-12(19)9-4-8(18(20)21)2-3-10(9)13/h2-4,6H,1H3,(H,15,16,19). The molecule has 21 heavy (non-hydrogen) atoms. The summed E-state index contributed by atoms with van der Waals surface area (Å²) in [4.78, 5) is 22.2. The molecule has 1 amide bonds. The molecular formula is C12H8ClN5O3. The molecular weight excluding hydrogens is 298 g/mol. The SMILES string of the molecule is Cn1cc(C#N)c(NC(=O)c2cc([N+](=O)[O-])ccc2Cl)n1. The number of anilines is 1. The molecule has 2 rings (SSSR count). The van der Waals surface area contributed by atoms with Crippen LogP contribution in [0.4, 0.5) is 11.5 Å². The van der Waals surface area contributed by atoms with Crippen molar-refractivity contribution in [2.24, 2.45) is 7.05 Å². The van der Waals surface area contributed by atoms with E-state index in [1.165, 1.54) is 23.0 Å². The normalized spacial score (nSPS) is 9.95. The van der Waals surface area contributed by atoms with E-state index in [1.54, 1.807) is 7.05 Å². The van der Waals surface area contributed by atoms with Gasteiger partial charge in [0.15, 0.2) is 5.82 Å². The second kappa shape index (κ2) is 5.60. The van der Waals surface area contributed by atoms with Gasteiger partial charge >= 0.3 is 0 Å². The molecule has 0 aliphatic carbocycles. The highest BCUT2D eigenvalue weighted by Gasteiger charge is 2.18. The van der Waals surface area contributed by atoms with Crippen LogP contribution in [0, 0.1) is 21.4 Å². The Kier molecular flexibility index (Phi) is 3.86. The number of nitriles is 1. The highest BCUT2D eigenvalue weighted by atomic mass is 35.5. The van der Waals surface area contributed by atoms with E-state index in [2.05, 4.69) is 10.4 Å². The molecule has 1 aromatic carbocycles. The van der Waals surface area contributed by atoms with E-state index in [0.29, 0.717) is 0 Å². The van der Waals surface area contributed by atoms with Gasteiger partial charge in [0.25, 0.3) is 11.6 Å². The summed E-state index contributed by atoms with van der Waals surface area (Å²) in [5, 5.41) is 26.0. The molecule has 0 bridgehead atoms. The Bertz CT molecular complexity index is 778. The van der Waals surface area contributed by atoms with Gasteiger partial charge in [0.05, 0.1) is 15.5 Å². The van der Waals surface area contributed by atoms with E-state index in [0.717, 1.165) is 6.07 Å². The molecule has 0 saturated carbocycles. The maximum absolute atomic E-state index is 12.1. The van der Waals surface area contributed by atoms with E-state index in [4.69, 9.17) is 16.9 Å². The molecule has 1 aromatic heterocycles. The third-order valence-electron chi connectivity index (χ3n) is 2.59. The zero-order chi connectivity index (χ0) is 15.6. The molecule has 9 heteroatoms. The third kappa shape index (κ3) is 2.98. The predicted molar refractivity (Wildman–Crippen MR) is 74.0 cm³/mol. The lowest BCUT2D eigenvalue weighted by Gasteiger charge is -2.04. The molecule has 0 spiro atoms. The highest BCUT2D eigenvalue weighted by molar-refractivity contribution is 6.34. The highest BCUT2D eigenvalue weighted by Crippen LogP contribution is 2.23. The maximum atomic E-state index is 12.1. The fraction of sp³-hybridized carbons (Fsp3) is 0.0833. The average molecular weight is 306 g/mol. The summed E-state index contributed by atoms with van der Waals surface area (Å²) in [6.45, 7) is 0. The van der Waals surface area contributed by atoms with Gasteiger partial charge in [-0.05, 0) is 6.07 Å². The fourth-order valence-electron chi connectivity index (χ4n) is 1.64. The second-order valence-electron chi connectivity index (χ2n) is 4.05. The summed E-state index contributed by atoms with van der Waals surface area (Å²) in [5.74, 6) is -0.619. The van der Waals surface area contributed by atoms with Crippen molar-refractivity contribution in [2.45, 2.75) is 0 Å². The largest absolute Gasteiger partial charge is 0.304 e. The van der Waals surface area contributed by atoms with Gasteiger partial charge in [0.1, 0.15) is 11.6 Å². The molecule has 0 saturated heterocycles. The number of hydrogen-bond acceptors (Lipinski definition) is 5. The number of halogens is 1. The molecule has 0 aliphatic rings. The third-order valence-corrected chi connectivity index (χ3v) is 2.92. The number of hydrogen-bond donors (Lipinski definition) is 1. The summed E-state index contributed by atoms with van der Waals surface area (Å²) in [6.07, 6.45) is 1.44. The molecule has 0 fully saturated rings. The number of nitrogens with one attached hydrogen (secondary N) is 1. The van der Waals surface area contributed by atoms with Crippen LogP contribution in [0.25, 0.3) is 0 Å². The van der Waals surface area contributed by atoms with Crippen LogP contribution in [0.15, 0.2) is 24.4 Å². The first kappa shape index (κ1) is 14.5. The van der Waals surface area contributed by atoms with Crippen molar-refractivity contribution in [3.05, 3.63) is 50.7 Å². The van der Waals surface area contributed by atoms with Crippen molar-refractivity contribution in [2.75, 3.05) is 5.32 Å². The van der Waals surface area contributed by atoms with Crippen LogP contribution in [0.5, 0.6) is 0 Å². The topological polar surface area (TPSA) is 114 Å². The lowest BCUT2D eigenvalue weighted by atomic mass is 10.2. The van der Waals surface area contributed by atoms with Crippen molar-refractivity contribution in [1.29, 1.82) is 5.26 Å². The van der Waals surface area contributed by atoms with Gasteiger partial charge in [-0.15, -0.1) is 0 Å². The van der Waals surface area contributed by atoms with Crippen molar-refractivity contribution < 1.29 is 9.72 Å². The van der Waals surface area contributed by atoms with E-state index in [9.17, 15) is 14.9 Å². The van der Waals surface area contributed by atoms with Crippen molar-refractivity contribution >= 4 is 29.0 Å². The van der Waals surface area contributed by atoms with Gasteiger partial charge in [-0.3, -0.25) is 19.6 Å². The number of nitro benzene ring substituents is 1. The van der Waals surface area contributed by atoms with Crippen molar-refractivity contribution in [1.82, 2.24) is 9.78 Å². The van der Waals surface area contributed by atoms with Gasteiger partial charge in [0, 0.05) is 25.4 Å². The lowest BCUT2D eigenvalue weighted by Crippen LogP contribution is -2.14. The number of nitrogens with zero attached hydrogens (tertiary/aromatic N) is 4. The summed E-state index contributed by atoms with van der Waals surface area (Å²) in [6, 6.07) is 5.40. The maximum Gasteiger partial charge on any atom is 0.270 e. The van der Waals surface area contributed by atoms with E-state index >= 15 is 0 Å². The van der Waals surface area contributed by atoms with Crippen LogP contribution in [0.1, 0.15) is 15.9 Å². The smallest absolute Gasteiger partial charge is 0.270 e. The Balaban J connectivity index is 2.34. The van der Waals surface area contributed by atoms with Gasteiger partial charge in [-0.1, -0.05) is 11.6 Å². The first-order chi connectivity index (χ1) is 9.92.